The molecule has 1 saturated heterocycles. The minimum absolute atomic E-state index is 0.0244. The van der Waals surface area contributed by atoms with Crippen LogP contribution in [-0.2, 0) is 18.3 Å². The summed E-state index contributed by atoms with van der Waals surface area (Å²) in [6.45, 7) is 0.358. The summed E-state index contributed by atoms with van der Waals surface area (Å²) in [5.41, 5.74) is 9.05. The molecule has 0 radical (unpaired) electrons. The number of nitrogens with two attached hydrogens (primary N) is 1. The van der Waals surface area contributed by atoms with Crippen molar-refractivity contribution in [1.29, 1.82) is 0 Å². The predicted molar refractivity (Wildman–Crippen MR) is 150 cm³/mol. The summed E-state index contributed by atoms with van der Waals surface area (Å²) in [4.78, 5) is 18.8. The molecule has 6 nitrogen and oxygen atoms in total. The molecule has 1 aromatic heterocycles. The number of piperidine rings is 1. The fraction of sp³-hybridized carbons (Fsp3) is 0.481. The molecule has 39 heavy (non-hydrogen) atoms. The van der Waals surface area contributed by atoms with E-state index in [4.69, 9.17) is 40.5 Å². The lowest BCUT2D eigenvalue weighted by Crippen LogP contribution is -2.41. The number of benzene rings is 2. The number of carbonyl (C=O) groups excluding carboxylic acids is 1. The van der Waals surface area contributed by atoms with Crippen molar-refractivity contribution in [3.8, 4) is 0 Å². The summed E-state index contributed by atoms with van der Waals surface area (Å²) < 4.78 is 41.9. The van der Waals surface area contributed by atoms with Gasteiger partial charge in [0.15, 0.2) is 0 Å². The Morgan fingerprint density at radius 2 is 1.92 bits per heavy atom. The molecule has 2 heterocycles. The minimum Gasteiger partial charge on any atom is -0.370 e. The van der Waals surface area contributed by atoms with Gasteiger partial charge in [0.25, 0.3) is 0 Å². The van der Waals surface area contributed by atoms with Crippen molar-refractivity contribution in [3.05, 3.63) is 44.9 Å². The number of rotatable bonds is 8. The molecule has 3 N–H and O–H groups in total. The van der Waals surface area contributed by atoms with E-state index in [0.717, 1.165) is 18.4 Å². The minimum atomic E-state index is -4.25. The maximum atomic E-state index is 13.4. The molecule has 12 heteroatoms. The molecule has 1 aliphatic carbocycles. The number of aromatic nitrogens is 2. The number of carbonyl (C=O) groups is 1. The number of halogens is 6. The summed E-state index contributed by atoms with van der Waals surface area (Å²) >= 11 is 19.7. The maximum Gasteiger partial charge on any atom is 0.393 e. The van der Waals surface area contributed by atoms with Gasteiger partial charge in [-0.3, -0.25) is 4.79 Å². The number of alkyl halides is 3. The third-order valence-electron chi connectivity index (χ3n) is 7.72. The molecular weight excluding hydrogens is 574 g/mol. The summed E-state index contributed by atoms with van der Waals surface area (Å²) in [7, 11) is 1.79. The molecule has 0 spiro atoms. The number of hydrogen-bond donors (Lipinski definition) is 2. The normalized spacial score (nSPS) is 19.0. The molecule has 2 atom stereocenters. The molecule has 1 saturated carbocycles. The summed E-state index contributed by atoms with van der Waals surface area (Å²) in [6, 6.07) is 6.50. The lowest BCUT2D eigenvalue weighted by molar-refractivity contribution is -0.176. The van der Waals surface area contributed by atoms with E-state index < -0.39 is 18.1 Å². The second kappa shape index (κ2) is 11.0. The van der Waals surface area contributed by atoms with Crippen LogP contribution >= 0.6 is 34.8 Å². The quantitative estimate of drug-likeness (QED) is 0.283. The van der Waals surface area contributed by atoms with Crippen molar-refractivity contribution >= 4 is 68.9 Å². The van der Waals surface area contributed by atoms with E-state index in [0.29, 0.717) is 68.7 Å². The van der Waals surface area contributed by atoms with Crippen LogP contribution in [0.5, 0.6) is 0 Å². The highest BCUT2D eigenvalue weighted by Crippen LogP contribution is 2.40. The second-order valence-electron chi connectivity index (χ2n) is 10.5. The van der Waals surface area contributed by atoms with Gasteiger partial charge in [-0.25, -0.2) is 4.98 Å². The second-order valence-corrected chi connectivity index (χ2v) is 11.7. The zero-order valence-corrected chi connectivity index (χ0v) is 23.6. The van der Waals surface area contributed by atoms with Gasteiger partial charge in [-0.15, -0.1) is 0 Å². The smallest absolute Gasteiger partial charge is 0.370 e. The summed E-state index contributed by atoms with van der Waals surface area (Å²) in [5.74, 6) is -0.643. The average molecular weight is 603 g/mol. The largest absolute Gasteiger partial charge is 0.393 e. The van der Waals surface area contributed by atoms with Crippen LogP contribution < -0.4 is 16.0 Å². The number of Topliss-reactive ketones (excluding diaryl/α,β-unsaturated/α-hetero) is 1. The van der Waals surface area contributed by atoms with Gasteiger partial charge < -0.3 is 20.5 Å². The number of hydrogen-bond acceptors (Lipinski definition) is 5. The van der Waals surface area contributed by atoms with E-state index in [9.17, 15) is 18.0 Å². The molecule has 0 amide bonds. The van der Waals surface area contributed by atoms with Crippen molar-refractivity contribution in [1.82, 2.24) is 9.55 Å². The van der Waals surface area contributed by atoms with Crippen molar-refractivity contribution in [2.75, 3.05) is 23.3 Å². The summed E-state index contributed by atoms with van der Waals surface area (Å²) in [6.07, 6.45) is -0.983. The Balaban J connectivity index is 1.38. The first-order valence-electron chi connectivity index (χ1n) is 12.9. The van der Waals surface area contributed by atoms with Crippen LogP contribution in [0.2, 0.25) is 15.1 Å². The fourth-order valence-electron chi connectivity index (χ4n) is 5.18. The number of nitrogens with one attached hydrogen (secondary N) is 1. The van der Waals surface area contributed by atoms with Crippen LogP contribution in [0.25, 0.3) is 11.0 Å². The van der Waals surface area contributed by atoms with Crippen LogP contribution in [0.15, 0.2) is 24.3 Å². The van der Waals surface area contributed by atoms with E-state index in [1.54, 1.807) is 40.8 Å². The molecule has 0 bridgehead atoms. The topological polar surface area (TPSA) is 76.2 Å². The molecule has 2 aromatic carbocycles. The zero-order chi connectivity index (χ0) is 28.1. The van der Waals surface area contributed by atoms with Crippen LogP contribution in [0.4, 0.5) is 30.5 Å². The molecule has 2 fully saturated rings. The van der Waals surface area contributed by atoms with E-state index in [-0.39, 0.29) is 25.2 Å². The molecule has 1 aliphatic heterocycles. The average Bonchev–Trinajstić information content (AvgIpc) is 3.70. The Bertz CT molecular complexity index is 1410. The third-order valence-corrected chi connectivity index (χ3v) is 8.77. The van der Waals surface area contributed by atoms with Gasteiger partial charge in [-0.1, -0.05) is 40.9 Å². The third kappa shape index (κ3) is 5.97. The van der Waals surface area contributed by atoms with Gasteiger partial charge >= 0.3 is 6.18 Å². The number of fused-ring (bicyclic) bond motifs is 1. The molecule has 5 rings (SSSR count). The summed E-state index contributed by atoms with van der Waals surface area (Å²) in [5, 5.41) is 4.29. The lowest BCUT2D eigenvalue weighted by Gasteiger charge is -2.35. The Labute approximate surface area is 239 Å². The van der Waals surface area contributed by atoms with E-state index in [1.165, 1.54) is 0 Å². The fourth-order valence-corrected chi connectivity index (χ4v) is 6.01. The highest BCUT2D eigenvalue weighted by atomic mass is 35.5. The monoisotopic (exact) mass is 601 g/mol. The maximum absolute atomic E-state index is 13.4. The van der Waals surface area contributed by atoms with Crippen LogP contribution in [-0.4, -0.2) is 40.6 Å². The molecule has 2 aliphatic rings. The first-order chi connectivity index (χ1) is 18.4. The Morgan fingerprint density at radius 1 is 1.18 bits per heavy atom. The van der Waals surface area contributed by atoms with Gasteiger partial charge in [-0.05, 0) is 61.8 Å². The standard InChI is InChI=1S/C27H29Cl3F3N5O/c1-37-21-12-20(38-10-2-3-16(13-38)27(31,32)33)18(29)11-19(21)35-26(37)36-25-17(28)8-6-14(23(25)30)7-9-22(39)24(34)15-4-5-15/h6,8,11-12,15-16,24H,2-5,7,9-10,13,34H2,1H3,(H,35,36)/t16?,24-/m0/s1. The Hall–Kier alpha value is -2.20. The Kier molecular flexibility index (Phi) is 7.99. The van der Waals surface area contributed by atoms with E-state index in [1.807, 2.05) is 0 Å². The van der Waals surface area contributed by atoms with Crippen molar-refractivity contribution in [3.63, 3.8) is 0 Å². The zero-order valence-electron chi connectivity index (χ0n) is 21.3. The lowest BCUT2D eigenvalue weighted by atomic mass is 9.97. The van der Waals surface area contributed by atoms with Crippen molar-refractivity contribution < 1.29 is 18.0 Å². The predicted octanol–water partition coefficient (Wildman–Crippen LogP) is 7.29. The molecular formula is C27H29Cl3F3N5O. The van der Waals surface area contributed by atoms with Crippen molar-refractivity contribution in [2.45, 2.75) is 50.7 Å². The van der Waals surface area contributed by atoms with Gasteiger partial charge in [0.2, 0.25) is 5.95 Å². The first-order valence-corrected chi connectivity index (χ1v) is 14.1. The number of anilines is 3. The number of nitrogens with zero attached hydrogens (tertiary/aromatic N) is 3. The SMILES string of the molecule is Cn1c(Nc2c(Cl)ccc(CCC(=O)[C@@H](N)C3CC3)c2Cl)nc2cc(Cl)c(N3CCCC(C(F)(F)F)C3)cc21. The van der Waals surface area contributed by atoms with Crippen LogP contribution in [0, 0.1) is 11.8 Å². The number of imidazole rings is 1. The van der Waals surface area contributed by atoms with Gasteiger partial charge in [0.1, 0.15) is 5.78 Å². The molecule has 210 valence electrons. The van der Waals surface area contributed by atoms with Gasteiger partial charge in [0, 0.05) is 26.6 Å². The molecule has 1 unspecified atom stereocenters. The number of ketones is 1. The first kappa shape index (κ1) is 28.3. The van der Waals surface area contributed by atoms with Crippen molar-refractivity contribution in [2.24, 2.45) is 24.6 Å². The highest BCUT2D eigenvalue weighted by molar-refractivity contribution is 6.39. The number of aryl methyl sites for hydroxylation is 2. The highest BCUT2D eigenvalue weighted by Gasteiger charge is 2.42. The Morgan fingerprint density at radius 3 is 2.62 bits per heavy atom. The van der Waals surface area contributed by atoms with Gasteiger partial charge in [0.05, 0.1) is 49.4 Å². The van der Waals surface area contributed by atoms with E-state index in [2.05, 4.69) is 10.3 Å². The van der Waals surface area contributed by atoms with Gasteiger partial charge in [-0.2, -0.15) is 13.2 Å². The molecule has 3 aromatic rings. The van der Waals surface area contributed by atoms with Crippen LogP contribution in [0.1, 0.15) is 37.7 Å². The van der Waals surface area contributed by atoms with Crippen LogP contribution in [0.3, 0.4) is 0 Å². The van der Waals surface area contributed by atoms with E-state index >= 15 is 0 Å².